The maximum Gasteiger partial charge on any atom is 0.178 e. The van der Waals surface area contributed by atoms with Crippen molar-refractivity contribution in [3.63, 3.8) is 0 Å². The summed E-state index contributed by atoms with van der Waals surface area (Å²) in [7, 11) is 0. The van der Waals surface area contributed by atoms with Gasteiger partial charge in [-0.25, -0.2) is 0 Å². The average molecular weight is 289 g/mol. The van der Waals surface area contributed by atoms with Crippen molar-refractivity contribution < 1.29 is 4.79 Å². The van der Waals surface area contributed by atoms with Gasteiger partial charge in [0.2, 0.25) is 0 Å². The molecule has 2 rings (SSSR count). The van der Waals surface area contributed by atoms with Gasteiger partial charge >= 0.3 is 0 Å². The molecule has 118 valence electrons. The quantitative estimate of drug-likeness (QED) is 0.627. The van der Waals surface area contributed by atoms with E-state index < -0.39 is 0 Å². The van der Waals surface area contributed by atoms with Crippen LogP contribution in [0, 0.1) is 0 Å². The summed E-state index contributed by atoms with van der Waals surface area (Å²) in [6, 6.07) is 10.1. The summed E-state index contributed by atoms with van der Waals surface area (Å²) in [6.07, 6.45) is 3.07. The lowest BCUT2D eigenvalue weighted by Crippen LogP contribution is -2.06. The zero-order chi connectivity index (χ0) is 16.3. The van der Waals surface area contributed by atoms with Gasteiger partial charge < -0.3 is 4.57 Å². The smallest absolute Gasteiger partial charge is 0.178 e. The molecule has 0 amide bonds. The minimum atomic E-state index is 0.216. The van der Waals surface area contributed by atoms with Crippen LogP contribution in [-0.2, 0) is 6.54 Å². The van der Waals surface area contributed by atoms with Crippen molar-refractivity contribution in [1.82, 2.24) is 4.57 Å². The molecule has 0 unspecified atom stereocenters. The van der Waals surface area contributed by atoms with Gasteiger partial charge in [-0.05, 0) is 19.1 Å². The van der Waals surface area contributed by atoms with Crippen molar-refractivity contribution in [2.45, 2.75) is 67.3 Å². The molecule has 0 N–H and O–H groups in total. The van der Waals surface area contributed by atoms with Crippen LogP contribution in [0.3, 0.4) is 0 Å². The highest BCUT2D eigenvalue weighted by atomic mass is 16.1. The Kier molecular flexibility index (Phi) is 10.3. The largest absolute Gasteiger partial charge is 0.338 e. The number of fused-ring (bicyclic) bond motifs is 1. The molecular weight excluding hydrogens is 258 g/mol. The maximum absolute atomic E-state index is 11.7. The van der Waals surface area contributed by atoms with E-state index in [1.165, 1.54) is 12.8 Å². The molecule has 0 aliphatic carbocycles. The molecule has 1 aromatic carbocycles. The lowest BCUT2D eigenvalue weighted by molar-refractivity contribution is 0.0980. The van der Waals surface area contributed by atoms with Gasteiger partial charge in [0.1, 0.15) is 0 Å². The Bertz CT molecular complexity index is 523. The SMILES string of the molecule is CCC.CCC.CCC(=O)c1cc2ccccc2n1CC. The fourth-order valence-corrected chi connectivity index (χ4v) is 1.96. The standard InChI is InChI=1S/C13H15NO.2C3H8/c1-3-13(15)12-9-10-7-5-6-8-11(10)14(12)4-2;2*1-3-2/h5-9H,3-4H2,1-2H3;2*3H2,1-2H3. The molecule has 0 fully saturated rings. The van der Waals surface area contributed by atoms with E-state index in [9.17, 15) is 4.79 Å². The fourth-order valence-electron chi connectivity index (χ4n) is 1.96. The molecule has 2 aromatic rings. The van der Waals surface area contributed by atoms with Crippen molar-refractivity contribution in [1.29, 1.82) is 0 Å². The number of ketones is 1. The molecule has 1 aromatic heterocycles. The molecule has 21 heavy (non-hydrogen) atoms. The molecule has 0 aliphatic rings. The van der Waals surface area contributed by atoms with Gasteiger partial charge in [-0.3, -0.25) is 4.79 Å². The molecular formula is C19H31NO. The number of aryl methyl sites for hydroxylation is 1. The van der Waals surface area contributed by atoms with Crippen LogP contribution in [0.25, 0.3) is 10.9 Å². The molecule has 0 saturated heterocycles. The summed E-state index contributed by atoms with van der Waals surface area (Å²) in [5, 5.41) is 1.15. The van der Waals surface area contributed by atoms with Gasteiger partial charge in [-0.2, -0.15) is 0 Å². The first-order chi connectivity index (χ1) is 10.1. The van der Waals surface area contributed by atoms with E-state index in [2.05, 4.69) is 45.3 Å². The molecule has 2 heteroatoms. The highest BCUT2D eigenvalue weighted by Gasteiger charge is 2.11. The van der Waals surface area contributed by atoms with Crippen LogP contribution in [-0.4, -0.2) is 10.4 Å². The van der Waals surface area contributed by atoms with Crippen molar-refractivity contribution in [3.05, 3.63) is 36.0 Å². The van der Waals surface area contributed by atoms with Crippen LogP contribution in [0.15, 0.2) is 30.3 Å². The fraction of sp³-hybridized carbons (Fsp3) is 0.526. The first kappa shape index (κ1) is 19.4. The first-order valence-electron chi connectivity index (χ1n) is 8.22. The second-order valence-electron chi connectivity index (χ2n) is 5.02. The summed E-state index contributed by atoms with van der Waals surface area (Å²) in [5.74, 6) is 0.216. The minimum Gasteiger partial charge on any atom is -0.338 e. The van der Waals surface area contributed by atoms with E-state index in [4.69, 9.17) is 0 Å². The number of aromatic nitrogens is 1. The van der Waals surface area contributed by atoms with E-state index >= 15 is 0 Å². The molecule has 2 nitrogen and oxygen atoms in total. The van der Waals surface area contributed by atoms with Gasteiger partial charge in [0.15, 0.2) is 5.78 Å². The van der Waals surface area contributed by atoms with Crippen molar-refractivity contribution in [2.24, 2.45) is 0 Å². The summed E-state index contributed by atoms with van der Waals surface area (Å²) in [4.78, 5) is 11.7. The number of hydrogen-bond acceptors (Lipinski definition) is 1. The number of nitrogens with zero attached hydrogens (tertiary/aromatic N) is 1. The second-order valence-corrected chi connectivity index (χ2v) is 5.02. The predicted octanol–water partition coefficient (Wildman–Crippen LogP) is 6.09. The van der Waals surface area contributed by atoms with Gasteiger partial charge in [0.25, 0.3) is 0 Å². The first-order valence-corrected chi connectivity index (χ1v) is 8.22. The van der Waals surface area contributed by atoms with E-state index in [1.54, 1.807) is 0 Å². The number of rotatable bonds is 3. The number of carbonyl (C=O) groups is 1. The van der Waals surface area contributed by atoms with Crippen LogP contribution in [0.1, 0.15) is 71.3 Å². The Labute approximate surface area is 130 Å². The Balaban J connectivity index is 0.000000578. The molecule has 0 spiro atoms. The van der Waals surface area contributed by atoms with Gasteiger partial charge in [0.05, 0.1) is 5.69 Å². The molecule has 0 atom stereocenters. The second kappa shape index (κ2) is 11.1. The summed E-state index contributed by atoms with van der Waals surface area (Å²) in [5.41, 5.74) is 1.98. The highest BCUT2D eigenvalue weighted by Crippen LogP contribution is 2.20. The zero-order valence-electron chi connectivity index (χ0n) is 14.6. The van der Waals surface area contributed by atoms with E-state index in [0.717, 1.165) is 23.1 Å². The summed E-state index contributed by atoms with van der Waals surface area (Å²) < 4.78 is 2.08. The van der Waals surface area contributed by atoms with Gasteiger partial charge in [0, 0.05) is 23.9 Å². The molecule has 1 heterocycles. The van der Waals surface area contributed by atoms with Crippen LogP contribution in [0.5, 0.6) is 0 Å². The Morgan fingerprint density at radius 1 is 0.952 bits per heavy atom. The van der Waals surface area contributed by atoms with E-state index in [1.807, 2.05) is 31.2 Å². The number of para-hydroxylation sites is 1. The maximum atomic E-state index is 11.7. The Morgan fingerprint density at radius 2 is 1.48 bits per heavy atom. The third kappa shape index (κ3) is 5.74. The van der Waals surface area contributed by atoms with Crippen LogP contribution < -0.4 is 0 Å². The normalized spacial score (nSPS) is 9.43. The van der Waals surface area contributed by atoms with Gasteiger partial charge in [-0.15, -0.1) is 0 Å². The van der Waals surface area contributed by atoms with Crippen molar-refractivity contribution >= 4 is 16.7 Å². The number of benzene rings is 1. The van der Waals surface area contributed by atoms with E-state index in [-0.39, 0.29) is 5.78 Å². The van der Waals surface area contributed by atoms with Crippen molar-refractivity contribution in [3.8, 4) is 0 Å². The molecule has 0 radical (unpaired) electrons. The molecule has 0 bridgehead atoms. The average Bonchev–Trinajstić information content (AvgIpc) is 2.86. The van der Waals surface area contributed by atoms with Gasteiger partial charge in [-0.1, -0.05) is 65.7 Å². The minimum absolute atomic E-state index is 0.216. The highest BCUT2D eigenvalue weighted by molar-refractivity contribution is 5.99. The molecule has 0 saturated carbocycles. The van der Waals surface area contributed by atoms with Crippen LogP contribution in [0.4, 0.5) is 0 Å². The van der Waals surface area contributed by atoms with E-state index in [0.29, 0.717) is 6.42 Å². The predicted molar refractivity (Wildman–Crippen MR) is 94.2 cm³/mol. The monoisotopic (exact) mass is 289 g/mol. The topological polar surface area (TPSA) is 22.0 Å². The summed E-state index contributed by atoms with van der Waals surface area (Å²) >= 11 is 0. The Morgan fingerprint density at radius 3 is 1.95 bits per heavy atom. The number of Topliss-reactive ketones (excluding diaryl/α,β-unsaturated/α-hetero) is 1. The third-order valence-corrected chi connectivity index (χ3v) is 2.73. The molecule has 0 aliphatic heterocycles. The van der Waals surface area contributed by atoms with Crippen molar-refractivity contribution in [2.75, 3.05) is 0 Å². The number of carbonyl (C=O) groups excluding carboxylic acids is 1. The van der Waals surface area contributed by atoms with Crippen LogP contribution >= 0.6 is 0 Å². The Hall–Kier alpha value is -1.57. The third-order valence-electron chi connectivity index (χ3n) is 2.73. The zero-order valence-corrected chi connectivity index (χ0v) is 14.6. The summed E-state index contributed by atoms with van der Waals surface area (Å²) in [6.45, 7) is 13.3. The van der Waals surface area contributed by atoms with Crippen LogP contribution in [0.2, 0.25) is 0 Å². The lowest BCUT2D eigenvalue weighted by atomic mass is 10.2. The lowest BCUT2D eigenvalue weighted by Gasteiger charge is -2.05. The number of hydrogen-bond donors (Lipinski definition) is 0.